The summed E-state index contributed by atoms with van der Waals surface area (Å²) in [6.07, 6.45) is 0. The van der Waals surface area contributed by atoms with E-state index in [-0.39, 0.29) is 0 Å². The molecule has 11 nitrogen and oxygen atoms in total. The van der Waals surface area contributed by atoms with E-state index in [1.165, 1.54) is 27.8 Å². The topological polar surface area (TPSA) is 102 Å². The third kappa shape index (κ3) is 30.5. The predicted octanol–water partition coefficient (Wildman–Crippen LogP) is 22.9. The Hall–Kier alpha value is -9.82. The SMILES string of the molecule is CCOc1ccccc1C.COc1cc(C)ccc1OCc1ccccc1.COc1ccc(Br)cc1C.COc1ccc(C)cc1Br.COc1ccc(OC)c(C)c1.COc1cccc(C)c1OC.Cc1cccc(Oc2ccccc2)c1.Cc1ccccc1OCc1ccccc1. The lowest BCUT2D eigenvalue weighted by Crippen LogP contribution is -1.97. The van der Waals surface area contributed by atoms with Gasteiger partial charge in [0.05, 0.1) is 60.8 Å². The molecule has 0 radical (unpaired) electrons. The Morgan fingerprint density at radius 2 is 0.694 bits per heavy atom. The van der Waals surface area contributed by atoms with Gasteiger partial charge < -0.3 is 52.1 Å². The van der Waals surface area contributed by atoms with Gasteiger partial charge >= 0.3 is 0 Å². The zero-order valence-electron chi connectivity index (χ0n) is 59.6. The number of ether oxygens (including phenoxy) is 11. The molecule has 0 atom stereocenters. The van der Waals surface area contributed by atoms with Crippen LogP contribution in [0.15, 0.2) is 264 Å². The number of methoxy groups -OCH3 is 7. The van der Waals surface area contributed by atoms with Crippen molar-refractivity contribution < 1.29 is 52.1 Å². The minimum Gasteiger partial charge on any atom is -0.497 e. The van der Waals surface area contributed by atoms with Gasteiger partial charge in [0.2, 0.25) is 0 Å². The van der Waals surface area contributed by atoms with Gasteiger partial charge in [-0.15, -0.1) is 0 Å². The van der Waals surface area contributed by atoms with Crippen LogP contribution >= 0.6 is 31.9 Å². The van der Waals surface area contributed by atoms with Crippen LogP contribution in [0.25, 0.3) is 0 Å². The van der Waals surface area contributed by atoms with E-state index >= 15 is 0 Å². The minimum atomic E-state index is 0.556. The van der Waals surface area contributed by atoms with Gasteiger partial charge in [-0.3, -0.25) is 0 Å². The van der Waals surface area contributed by atoms with E-state index in [2.05, 4.69) is 70.0 Å². The highest BCUT2D eigenvalue weighted by atomic mass is 79.9. The molecular weight excluding hydrogens is 1360 g/mol. The zero-order chi connectivity index (χ0) is 71.5. The third-order valence-corrected chi connectivity index (χ3v) is 15.2. The molecule has 0 fully saturated rings. The molecule has 11 aromatic rings. The van der Waals surface area contributed by atoms with E-state index in [4.69, 9.17) is 52.1 Å². The molecule has 0 aliphatic rings. The molecule has 98 heavy (non-hydrogen) atoms. The normalized spacial score (nSPS) is 9.65. The number of halogens is 2. The average molecular weight is 1450 g/mol. The Bertz CT molecular complexity index is 3950. The third-order valence-electron chi connectivity index (χ3n) is 14.1. The highest BCUT2D eigenvalue weighted by molar-refractivity contribution is 9.10. The molecular formula is C85H96Br2O11. The Morgan fingerprint density at radius 3 is 1.17 bits per heavy atom. The molecule has 0 saturated carbocycles. The van der Waals surface area contributed by atoms with Crippen molar-refractivity contribution in [1.82, 2.24) is 0 Å². The summed E-state index contributed by atoms with van der Waals surface area (Å²) in [6, 6.07) is 83.6. The van der Waals surface area contributed by atoms with Crippen LogP contribution in [0, 0.1) is 55.4 Å². The first-order chi connectivity index (χ1) is 47.4. The van der Waals surface area contributed by atoms with Crippen molar-refractivity contribution in [2.24, 2.45) is 0 Å². The molecule has 0 bridgehead atoms. The quantitative estimate of drug-likeness (QED) is 0.0871. The van der Waals surface area contributed by atoms with Crippen LogP contribution in [0.3, 0.4) is 0 Å². The summed E-state index contributed by atoms with van der Waals surface area (Å²) in [5.41, 5.74) is 11.6. The first kappa shape index (κ1) is 80.6. The molecule has 516 valence electrons. The van der Waals surface area contributed by atoms with Gasteiger partial charge in [0.1, 0.15) is 59.2 Å². The molecule has 0 saturated heterocycles. The molecule has 11 aromatic carbocycles. The van der Waals surface area contributed by atoms with Crippen molar-refractivity contribution in [2.45, 2.75) is 75.5 Å². The van der Waals surface area contributed by atoms with Gasteiger partial charge in [0.15, 0.2) is 23.0 Å². The van der Waals surface area contributed by atoms with E-state index in [1.54, 1.807) is 49.8 Å². The molecule has 11 rings (SSSR count). The maximum atomic E-state index is 5.74. The van der Waals surface area contributed by atoms with Crippen LogP contribution in [-0.2, 0) is 13.2 Å². The number of rotatable bonds is 17. The van der Waals surface area contributed by atoms with Gasteiger partial charge in [0, 0.05) is 4.47 Å². The molecule has 0 aromatic heterocycles. The van der Waals surface area contributed by atoms with Crippen molar-refractivity contribution in [2.75, 3.05) is 56.4 Å². The Kier molecular flexibility index (Phi) is 38.1. The molecule has 0 aliphatic heterocycles. The maximum Gasteiger partial charge on any atom is 0.163 e. The van der Waals surface area contributed by atoms with Crippen LogP contribution in [0.1, 0.15) is 62.6 Å². The second-order valence-corrected chi connectivity index (χ2v) is 23.6. The smallest absolute Gasteiger partial charge is 0.163 e. The average Bonchev–Trinajstić information content (AvgIpc) is 2.14. The summed E-state index contributed by atoms with van der Waals surface area (Å²) in [6.45, 7) is 20.1. The summed E-state index contributed by atoms with van der Waals surface area (Å²) in [7, 11) is 11.6. The molecule has 0 spiro atoms. The summed E-state index contributed by atoms with van der Waals surface area (Å²) >= 11 is 6.75. The van der Waals surface area contributed by atoms with Crippen molar-refractivity contribution in [3.05, 3.63) is 319 Å². The van der Waals surface area contributed by atoms with Crippen molar-refractivity contribution in [3.63, 3.8) is 0 Å². The second-order valence-electron chi connectivity index (χ2n) is 21.8. The highest BCUT2D eigenvalue weighted by Crippen LogP contribution is 2.31. The van der Waals surface area contributed by atoms with Crippen LogP contribution in [0.2, 0.25) is 0 Å². The molecule has 13 heteroatoms. The fourth-order valence-corrected chi connectivity index (χ4v) is 10.0. The van der Waals surface area contributed by atoms with E-state index in [0.29, 0.717) is 13.2 Å². The van der Waals surface area contributed by atoms with Crippen molar-refractivity contribution in [1.29, 1.82) is 0 Å². The molecule has 0 heterocycles. The zero-order valence-corrected chi connectivity index (χ0v) is 62.8. The number of hydrogen-bond acceptors (Lipinski definition) is 11. The minimum absolute atomic E-state index is 0.556. The fourth-order valence-electron chi connectivity index (χ4n) is 8.90. The molecule has 0 aliphatic carbocycles. The van der Waals surface area contributed by atoms with Crippen molar-refractivity contribution in [3.8, 4) is 69.0 Å². The number of para-hydroxylation sites is 4. The largest absolute Gasteiger partial charge is 0.497 e. The monoisotopic (exact) mass is 1450 g/mol. The predicted molar refractivity (Wildman–Crippen MR) is 410 cm³/mol. The Morgan fingerprint density at radius 1 is 0.265 bits per heavy atom. The lowest BCUT2D eigenvalue weighted by molar-refractivity contribution is 0.284. The molecule has 0 N–H and O–H groups in total. The summed E-state index contributed by atoms with van der Waals surface area (Å²) in [4.78, 5) is 0. The van der Waals surface area contributed by atoms with E-state index in [0.717, 1.165) is 112 Å². The van der Waals surface area contributed by atoms with Crippen LogP contribution < -0.4 is 52.1 Å². The second kappa shape index (κ2) is 46.4. The number of hydrogen-bond donors (Lipinski definition) is 0. The van der Waals surface area contributed by atoms with Crippen molar-refractivity contribution >= 4 is 31.9 Å². The Labute approximate surface area is 600 Å². The first-order valence-corrected chi connectivity index (χ1v) is 33.5. The molecule has 0 amide bonds. The van der Waals surface area contributed by atoms with E-state index in [9.17, 15) is 0 Å². The number of benzene rings is 11. The van der Waals surface area contributed by atoms with Crippen LogP contribution in [0.4, 0.5) is 0 Å². The standard InChI is InChI=1S/C15H16O2.C14H14O.C13H12O.2C9H12O2.C9H12O.2C8H9BrO/c1-12-8-9-14(15(10-12)16-2)17-11-13-6-4-3-5-7-13;1-12-7-5-6-10-14(12)15-11-13-8-3-2-4-9-13;1-11-6-5-9-13(10-11)14-12-7-3-2-4-8-12;1-7-6-8(10-2)4-5-9(7)11-3;1-7-5-4-6-8(10-2)9(7)11-3;1-3-10-9-7-5-4-6-8(9)2;1-6-5-7(9)3-4-8(6)10-2;1-6-3-4-8(10-2)7(9)5-6/h3-10H,11H2,1-2H3;2-10H,11H2,1H3;2-10H,1H3;2*4-6H,1-3H3;4-7H,3H2,1-2H3;2*3-5H,1-2H3. The highest BCUT2D eigenvalue weighted by Gasteiger charge is 2.07. The summed E-state index contributed by atoms with van der Waals surface area (Å²) in [5.74, 6) is 10.4. The summed E-state index contributed by atoms with van der Waals surface area (Å²) < 4.78 is 60.3. The van der Waals surface area contributed by atoms with Crippen LogP contribution in [0.5, 0.6) is 69.0 Å². The van der Waals surface area contributed by atoms with Gasteiger partial charge in [-0.25, -0.2) is 0 Å². The lowest BCUT2D eigenvalue weighted by atomic mass is 10.2. The fraction of sp³-hybridized carbons (Fsp3) is 0.224. The van der Waals surface area contributed by atoms with E-state index < -0.39 is 0 Å². The lowest BCUT2D eigenvalue weighted by Gasteiger charge is -2.11. The van der Waals surface area contributed by atoms with Crippen LogP contribution in [-0.4, -0.2) is 56.4 Å². The van der Waals surface area contributed by atoms with Gasteiger partial charge in [-0.05, 0) is 237 Å². The van der Waals surface area contributed by atoms with E-state index in [1.807, 2.05) is 279 Å². The summed E-state index contributed by atoms with van der Waals surface area (Å²) in [5, 5.41) is 0. The van der Waals surface area contributed by atoms with Gasteiger partial charge in [-0.2, -0.15) is 0 Å². The maximum absolute atomic E-state index is 5.74. The first-order valence-electron chi connectivity index (χ1n) is 31.9. The van der Waals surface area contributed by atoms with Gasteiger partial charge in [-0.1, -0.05) is 168 Å². The molecule has 0 unspecified atom stereocenters. The van der Waals surface area contributed by atoms with Gasteiger partial charge in [0.25, 0.3) is 0 Å². The number of aryl methyl sites for hydroxylation is 8. The Balaban J connectivity index is 0.000000240.